The maximum atomic E-state index is 13.3. The molecule has 0 aliphatic carbocycles. The lowest BCUT2D eigenvalue weighted by molar-refractivity contribution is -0.135. The number of amides is 1. The third-order valence-electron chi connectivity index (χ3n) is 5.98. The summed E-state index contributed by atoms with van der Waals surface area (Å²) in [6.07, 6.45) is 3.93. The molecular formula is C23H29FN4O. The lowest BCUT2D eigenvalue weighted by Crippen LogP contribution is -2.36. The Hall–Kier alpha value is -2.50. The van der Waals surface area contributed by atoms with Crippen LogP contribution >= 0.6 is 0 Å². The number of nitrogens with zero attached hydrogens (tertiary/aromatic N) is 4. The monoisotopic (exact) mass is 396 g/mol. The molecule has 0 unspecified atom stereocenters. The second-order valence-electron chi connectivity index (χ2n) is 8.47. The number of carbonyl (C=O) groups excluding carboxylic acids is 1. The maximum Gasteiger partial charge on any atom is 0.225 e. The average molecular weight is 397 g/mol. The van der Waals surface area contributed by atoms with Gasteiger partial charge in [0.1, 0.15) is 11.6 Å². The van der Waals surface area contributed by atoms with E-state index < -0.39 is 0 Å². The van der Waals surface area contributed by atoms with Gasteiger partial charge in [-0.05, 0) is 50.3 Å². The Morgan fingerprint density at radius 2 is 1.93 bits per heavy atom. The van der Waals surface area contributed by atoms with Gasteiger partial charge in [-0.3, -0.25) is 4.79 Å². The number of aryl methyl sites for hydroxylation is 1. The van der Waals surface area contributed by atoms with Crippen LogP contribution in [-0.4, -0.2) is 33.9 Å². The van der Waals surface area contributed by atoms with Crippen molar-refractivity contribution in [2.75, 3.05) is 18.0 Å². The minimum Gasteiger partial charge on any atom is -0.352 e. The van der Waals surface area contributed by atoms with Crippen molar-refractivity contribution in [2.24, 2.45) is 5.92 Å². The highest BCUT2D eigenvalue weighted by Gasteiger charge is 2.34. The Morgan fingerprint density at radius 1 is 1.17 bits per heavy atom. The van der Waals surface area contributed by atoms with Crippen LogP contribution in [0.4, 0.5) is 10.2 Å². The van der Waals surface area contributed by atoms with Crippen molar-refractivity contribution in [3.8, 4) is 0 Å². The Balaban J connectivity index is 1.66. The summed E-state index contributed by atoms with van der Waals surface area (Å²) in [5.41, 5.74) is 3.27. The first-order valence-electron chi connectivity index (χ1n) is 10.6. The zero-order valence-electron chi connectivity index (χ0n) is 17.5. The minimum atomic E-state index is -0.218. The number of carbonyl (C=O) groups is 1. The Kier molecular flexibility index (Phi) is 5.52. The fourth-order valence-electron chi connectivity index (χ4n) is 4.45. The van der Waals surface area contributed by atoms with Crippen LogP contribution in [0.3, 0.4) is 0 Å². The van der Waals surface area contributed by atoms with Crippen LogP contribution in [0.1, 0.15) is 61.8 Å². The van der Waals surface area contributed by atoms with Crippen LogP contribution in [0.2, 0.25) is 0 Å². The first kappa shape index (κ1) is 19.8. The molecule has 0 bridgehead atoms. The minimum absolute atomic E-state index is 0.0238. The van der Waals surface area contributed by atoms with Gasteiger partial charge in [0, 0.05) is 36.8 Å². The normalized spacial score (nSPS) is 19.0. The van der Waals surface area contributed by atoms with E-state index in [0.29, 0.717) is 6.54 Å². The molecule has 0 radical (unpaired) electrons. The van der Waals surface area contributed by atoms with Gasteiger partial charge in [-0.1, -0.05) is 26.0 Å². The summed E-state index contributed by atoms with van der Waals surface area (Å²) < 4.78 is 13.3. The molecular weight excluding hydrogens is 367 g/mol. The van der Waals surface area contributed by atoms with Gasteiger partial charge in [0.05, 0.1) is 6.04 Å². The van der Waals surface area contributed by atoms with E-state index in [1.54, 1.807) is 0 Å². The molecule has 1 atom stereocenters. The smallest absolute Gasteiger partial charge is 0.225 e. The molecule has 2 aliphatic rings. The fraction of sp³-hybridized carbons (Fsp3) is 0.522. The van der Waals surface area contributed by atoms with E-state index in [-0.39, 0.29) is 23.7 Å². The van der Waals surface area contributed by atoms with Crippen LogP contribution in [0, 0.1) is 18.7 Å². The Morgan fingerprint density at radius 3 is 2.66 bits per heavy atom. The molecule has 0 spiro atoms. The van der Waals surface area contributed by atoms with Gasteiger partial charge < -0.3 is 9.80 Å². The van der Waals surface area contributed by atoms with E-state index in [9.17, 15) is 9.18 Å². The fourth-order valence-corrected chi connectivity index (χ4v) is 4.45. The Bertz CT molecular complexity index is 896. The van der Waals surface area contributed by atoms with Gasteiger partial charge in [-0.15, -0.1) is 0 Å². The number of rotatable bonds is 4. The molecule has 6 heteroatoms. The van der Waals surface area contributed by atoms with E-state index >= 15 is 0 Å². The topological polar surface area (TPSA) is 49.3 Å². The third-order valence-corrected chi connectivity index (χ3v) is 5.98. The molecule has 1 aromatic heterocycles. The molecule has 29 heavy (non-hydrogen) atoms. The van der Waals surface area contributed by atoms with E-state index in [0.717, 1.165) is 61.7 Å². The summed E-state index contributed by atoms with van der Waals surface area (Å²) in [5, 5.41) is 0. The quantitative estimate of drug-likeness (QED) is 0.777. The van der Waals surface area contributed by atoms with Crippen molar-refractivity contribution >= 4 is 11.7 Å². The highest BCUT2D eigenvalue weighted by atomic mass is 19.1. The first-order chi connectivity index (χ1) is 13.9. The molecule has 0 N–H and O–H groups in total. The molecule has 4 rings (SSSR count). The predicted octanol–water partition coefficient (Wildman–Crippen LogP) is 4.20. The van der Waals surface area contributed by atoms with Gasteiger partial charge in [0.15, 0.2) is 5.82 Å². The maximum absolute atomic E-state index is 13.3. The summed E-state index contributed by atoms with van der Waals surface area (Å²) in [7, 11) is 0. The van der Waals surface area contributed by atoms with Gasteiger partial charge in [-0.2, -0.15) is 0 Å². The number of hydrogen-bond donors (Lipinski definition) is 0. The lowest BCUT2D eigenvalue weighted by Gasteiger charge is -2.32. The zero-order chi connectivity index (χ0) is 20.5. The zero-order valence-corrected chi connectivity index (χ0v) is 17.5. The highest BCUT2D eigenvalue weighted by Crippen LogP contribution is 2.35. The van der Waals surface area contributed by atoms with Crippen LogP contribution < -0.4 is 4.90 Å². The predicted molar refractivity (Wildman–Crippen MR) is 111 cm³/mol. The second-order valence-corrected chi connectivity index (χ2v) is 8.47. The van der Waals surface area contributed by atoms with Gasteiger partial charge in [0.25, 0.3) is 0 Å². The van der Waals surface area contributed by atoms with Gasteiger partial charge in [-0.25, -0.2) is 14.4 Å². The van der Waals surface area contributed by atoms with E-state index in [2.05, 4.69) is 11.8 Å². The van der Waals surface area contributed by atoms with Crippen molar-refractivity contribution in [1.82, 2.24) is 14.9 Å². The number of likely N-dealkylation sites (tertiary alicyclic amines) is 1. The SMILES string of the molecule is Cc1nc([C@@H]2CCCN2C(=O)C(C)C)nc2c1CCCN2Cc1ccc(F)cc1. The molecule has 3 heterocycles. The van der Waals surface area contributed by atoms with E-state index in [1.807, 2.05) is 30.9 Å². The summed E-state index contributed by atoms with van der Waals surface area (Å²) in [6, 6.07) is 6.63. The van der Waals surface area contributed by atoms with Crippen LogP contribution in [0.25, 0.3) is 0 Å². The molecule has 1 amide bonds. The van der Waals surface area contributed by atoms with Crippen molar-refractivity contribution in [3.05, 3.63) is 52.7 Å². The number of fused-ring (bicyclic) bond motifs is 1. The van der Waals surface area contributed by atoms with Crippen molar-refractivity contribution in [1.29, 1.82) is 0 Å². The van der Waals surface area contributed by atoms with Gasteiger partial charge in [0.2, 0.25) is 5.91 Å². The second kappa shape index (κ2) is 8.09. The number of hydrogen-bond acceptors (Lipinski definition) is 4. The van der Waals surface area contributed by atoms with E-state index in [4.69, 9.17) is 9.97 Å². The third kappa shape index (κ3) is 3.98. The number of anilines is 1. The summed E-state index contributed by atoms with van der Waals surface area (Å²) in [4.78, 5) is 26.7. The molecule has 1 saturated heterocycles. The average Bonchev–Trinajstić information content (AvgIpc) is 3.19. The molecule has 154 valence electrons. The number of aromatic nitrogens is 2. The summed E-state index contributed by atoms with van der Waals surface area (Å²) in [6.45, 7) is 8.33. The number of benzene rings is 1. The van der Waals surface area contributed by atoms with Gasteiger partial charge >= 0.3 is 0 Å². The Labute approximate surface area is 172 Å². The standard InChI is InChI=1S/C23H29FN4O/c1-15(2)23(29)28-13-5-7-20(28)21-25-16(3)19-6-4-12-27(22(19)26-21)14-17-8-10-18(24)11-9-17/h8-11,15,20H,4-7,12-14H2,1-3H3/t20-/m0/s1. The summed E-state index contributed by atoms with van der Waals surface area (Å²) in [5.74, 6) is 1.68. The van der Waals surface area contributed by atoms with Crippen molar-refractivity contribution < 1.29 is 9.18 Å². The first-order valence-corrected chi connectivity index (χ1v) is 10.6. The summed E-state index contributed by atoms with van der Waals surface area (Å²) >= 11 is 0. The van der Waals surface area contributed by atoms with Crippen molar-refractivity contribution in [3.63, 3.8) is 0 Å². The molecule has 2 aromatic rings. The van der Waals surface area contributed by atoms with Crippen LogP contribution in [0.5, 0.6) is 0 Å². The molecule has 5 nitrogen and oxygen atoms in total. The molecule has 0 saturated carbocycles. The lowest BCUT2D eigenvalue weighted by atomic mass is 10.0. The van der Waals surface area contributed by atoms with Crippen LogP contribution in [0.15, 0.2) is 24.3 Å². The molecule has 1 fully saturated rings. The van der Waals surface area contributed by atoms with Crippen LogP contribution in [-0.2, 0) is 17.8 Å². The van der Waals surface area contributed by atoms with Crippen molar-refractivity contribution in [2.45, 2.75) is 59.0 Å². The number of halogens is 1. The molecule has 2 aliphatic heterocycles. The highest BCUT2D eigenvalue weighted by molar-refractivity contribution is 5.78. The largest absolute Gasteiger partial charge is 0.352 e. The molecule has 1 aromatic carbocycles. The van der Waals surface area contributed by atoms with E-state index in [1.165, 1.54) is 17.7 Å².